The third-order valence-corrected chi connectivity index (χ3v) is 3.88. The molecular weight excluding hydrogens is 356 g/mol. The largest absolute Gasteiger partial charge is 0.481 e. The average Bonchev–Trinajstić information content (AvgIpc) is 2.71. The van der Waals surface area contributed by atoms with Crippen molar-refractivity contribution >= 4 is 18.0 Å². The predicted molar refractivity (Wildman–Crippen MR) is 105 cm³/mol. The number of hydrogen-bond acceptors (Lipinski definition) is 5. The Hall–Kier alpha value is -3.59. The van der Waals surface area contributed by atoms with E-state index >= 15 is 0 Å². The maximum Gasteiger partial charge on any atom is 0.344 e. The number of nitriles is 1. The summed E-state index contributed by atoms with van der Waals surface area (Å²) in [6, 6.07) is 18.0. The van der Waals surface area contributed by atoms with Crippen molar-refractivity contribution in [3.05, 3.63) is 71.3 Å². The molecule has 0 aliphatic carbocycles. The van der Waals surface area contributed by atoms with Gasteiger partial charge in [-0.1, -0.05) is 48.5 Å². The smallest absolute Gasteiger partial charge is 0.344 e. The van der Waals surface area contributed by atoms with Crippen molar-refractivity contribution in [3.8, 4) is 11.8 Å². The van der Waals surface area contributed by atoms with Gasteiger partial charge in [-0.15, -0.1) is 0 Å². The van der Waals surface area contributed by atoms with Gasteiger partial charge in [0, 0.05) is 5.56 Å². The summed E-state index contributed by atoms with van der Waals surface area (Å²) in [5, 5.41) is 12.2. The van der Waals surface area contributed by atoms with E-state index < -0.39 is 11.9 Å². The summed E-state index contributed by atoms with van der Waals surface area (Å²) in [6.07, 6.45) is 1.44. The van der Waals surface area contributed by atoms with Gasteiger partial charge < -0.3 is 14.8 Å². The second kappa shape index (κ2) is 10.5. The standard InChI is InChI=1S/C22H22N2O4/c1-3-27-21(25)15-28-20-12-8-7-11-18(20)13-19(14-23)22(26)24-16(2)17-9-5-4-6-10-17/h4-13,16H,3,15H2,1-2H3,(H,24,26)/b19-13-/t16-/m1/s1. The van der Waals surface area contributed by atoms with E-state index in [1.807, 2.05) is 43.3 Å². The molecule has 0 unspecified atom stereocenters. The Balaban J connectivity index is 2.14. The summed E-state index contributed by atoms with van der Waals surface area (Å²) >= 11 is 0. The van der Waals surface area contributed by atoms with Crippen LogP contribution in [0.3, 0.4) is 0 Å². The number of ether oxygens (including phenoxy) is 2. The molecule has 0 bridgehead atoms. The Morgan fingerprint density at radius 1 is 1.14 bits per heavy atom. The van der Waals surface area contributed by atoms with Gasteiger partial charge in [0.25, 0.3) is 5.91 Å². The van der Waals surface area contributed by atoms with Crippen molar-refractivity contribution in [2.24, 2.45) is 0 Å². The van der Waals surface area contributed by atoms with Crippen molar-refractivity contribution in [3.63, 3.8) is 0 Å². The minimum absolute atomic E-state index is 0.0602. The maximum absolute atomic E-state index is 12.5. The molecule has 0 aliphatic rings. The van der Waals surface area contributed by atoms with Crippen molar-refractivity contribution in [2.75, 3.05) is 13.2 Å². The highest BCUT2D eigenvalue weighted by molar-refractivity contribution is 6.02. The lowest BCUT2D eigenvalue weighted by atomic mass is 10.1. The second-order valence-electron chi connectivity index (χ2n) is 5.91. The van der Waals surface area contributed by atoms with E-state index in [1.54, 1.807) is 31.2 Å². The van der Waals surface area contributed by atoms with Gasteiger partial charge in [0.05, 0.1) is 12.6 Å². The summed E-state index contributed by atoms with van der Waals surface area (Å²) in [6.45, 7) is 3.57. The lowest BCUT2D eigenvalue weighted by molar-refractivity contribution is -0.145. The van der Waals surface area contributed by atoms with E-state index in [0.717, 1.165) is 5.56 Å². The van der Waals surface area contributed by atoms with Crippen LogP contribution < -0.4 is 10.1 Å². The number of nitrogens with zero attached hydrogens (tertiary/aromatic N) is 1. The molecule has 0 aromatic heterocycles. The molecule has 144 valence electrons. The molecule has 6 heteroatoms. The van der Waals surface area contributed by atoms with Crippen LogP contribution in [-0.4, -0.2) is 25.1 Å². The number of esters is 1. The third kappa shape index (κ3) is 5.99. The van der Waals surface area contributed by atoms with Crippen molar-refractivity contribution in [1.29, 1.82) is 5.26 Å². The number of para-hydroxylation sites is 1. The van der Waals surface area contributed by atoms with Gasteiger partial charge in [-0.05, 0) is 31.6 Å². The van der Waals surface area contributed by atoms with Gasteiger partial charge in [0.15, 0.2) is 6.61 Å². The number of hydrogen-bond donors (Lipinski definition) is 1. The normalized spacial score (nSPS) is 11.8. The SMILES string of the molecule is CCOC(=O)COc1ccccc1/C=C(/C#N)C(=O)N[C@H](C)c1ccccc1. The zero-order chi connectivity index (χ0) is 20.4. The first kappa shape index (κ1) is 20.7. The van der Waals surface area contributed by atoms with Crippen LogP contribution in [0.5, 0.6) is 5.75 Å². The van der Waals surface area contributed by atoms with E-state index in [9.17, 15) is 14.9 Å². The molecular formula is C22H22N2O4. The zero-order valence-corrected chi connectivity index (χ0v) is 15.8. The number of benzene rings is 2. The van der Waals surface area contributed by atoms with Crippen LogP contribution in [-0.2, 0) is 14.3 Å². The fourth-order valence-corrected chi connectivity index (χ4v) is 2.47. The molecule has 0 saturated carbocycles. The summed E-state index contributed by atoms with van der Waals surface area (Å²) in [5.41, 5.74) is 1.40. The van der Waals surface area contributed by atoms with Gasteiger partial charge in [-0.2, -0.15) is 5.26 Å². The Bertz CT molecular complexity index is 885. The molecule has 1 N–H and O–H groups in total. The molecule has 0 aliphatic heterocycles. The monoisotopic (exact) mass is 378 g/mol. The molecule has 1 amide bonds. The summed E-state index contributed by atoms with van der Waals surface area (Å²) in [4.78, 5) is 24.0. The number of rotatable bonds is 8. The molecule has 1 atom stereocenters. The van der Waals surface area contributed by atoms with Gasteiger partial charge in [0.2, 0.25) is 0 Å². The van der Waals surface area contributed by atoms with Gasteiger partial charge in [-0.25, -0.2) is 4.79 Å². The van der Waals surface area contributed by atoms with Crippen LogP contribution in [0.15, 0.2) is 60.2 Å². The Labute approximate surface area is 164 Å². The Morgan fingerprint density at radius 3 is 2.50 bits per heavy atom. The van der Waals surface area contributed by atoms with Gasteiger partial charge in [-0.3, -0.25) is 4.79 Å². The molecule has 0 saturated heterocycles. The minimum Gasteiger partial charge on any atom is -0.481 e. The molecule has 0 spiro atoms. The Kier molecular flexibility index (Phi) is 7.79. The van der Waals surface area contributed by atoms with Crippen molar-refractivity contribution < 1.29 is 19.1 Å². The quantitative estimate of drug-likeness (QED) is 0.432. The number of carbonyl (C=O) groups excluding carboxylic acids is 2. The van der Waals surface area contributed by atoms with Crippen LogP contribution in [0.2, 0.25) is 0 Å². The van der Waals surface area contributed by atoms with Crippen LogP contribution in [0, 0.1) is 11.3 Å². The molecule has 2 aromatic carbocycles. The number of amides is 1. The van der Waals surface area contributed by atoms with Crippen LogP contribution >= 0.6 is 0 Å². The third-order valence-electron chi connectivity index (χ3n) is 3.88. The molecule has 0 fully saturated rings. The molecule has 0 heterocycles. The van der Waals surface area contributed by atoms with E-state index in [2.05, 4.69) is 5.32 Å². The van der Waals surface area contributed by atoms with E-state index in [4.69, 9.17) is 9.47 Å². The predicted octanol–water partition coefficient (Wildman–Crippen LogP) is 3.41. The van der Waals surface area contributed by atoms with E-state index in [0.29, 0.717) is 11.3 Å². The number of nitrogens with one attached hydrogen (secondary N) is 1. The van der Waals surface area contributed by atoms with E-state index in [-0.39, 0.29) is 24.8 Å². The molecule has 2 aromatic rings. The zero-order valence-electron chi connectivity index (χ0n) is 15.8. The summed E-state index contributed by atoms with van der Waals surface area (Å²) in [5.74, 6) is -0.595. The lowest BCUT2D eigenvalue weighted by Gasteiger charge is -2.14. The lowest BCUT2D eigenvalue weighted by Crippen LogP contribution is -2.27. The first-order valence-corrected chi connectivity index (χ1v) is 8.90. The van der Waals surface area contributed by atoms with Gasteiger partial charge in [0.1, 0.15) is 17.4 Å². The summed E-state index contributed by atoms with van der Waals surface area (Å²) < 4.78 is 10.3. The molecule has 28 heavy (non-hydrogen) atoms. The highest BCUT2D eigenvalue weighted by atomic mass is 16.6. The van der Waals surface area contributed by atoms with Crippen LogP contribution in [0.4, 0.5) is 0 Å². The van der Waals surface area contributed by atoms with Gasteiger partial charge >= 0.3 is 5.97 Å². The second-order valence-corrected chi connectivity index (χ2v) is 5.91. The van der Waals surface area contributed by atoms with E-state index in [1.165, 1.54) is 6.08 Å². The van der Waals surface area contributed by atoms with Crippen LogP contribution in [0.1, 0.15) is 31.0 Å². The fourth-order valence-electron chi connectivity index (χ4n) is 2.47. The fraction of sp³-hybridized carbons (Fsp3) is 0.227. The molecule has 0 radical (unpaired) electrons. The molecule has 2 rings (SSSR count). The molecule has 6 nitrogen and oxygen atoms in total. The average molecular weight is 378 g/mol. The first-order chi connectivity index (χ1) is 13.5. The first-order valence-electron chi connectivity index (χ1n) is 8.90. The minimum atomic E-state index is -0.490. The highest BCUT2D eigenvalue weighted by Gasteiger charge is 2.15. The van der Waals surface area contributed by atoms with Crippen molar-refractivity contribution in [2.45, 2.75) is 19.9 Å². The Morgan fingerprint density at radius 2 is 1.82 bits per heavy atom. The number of carbonyl (C=O) groups is 2. The topological polar surface area (TPSA) is 88.4 Å². The maximum atomic E-state index is 12.5. The highest BCUT2D eigenvalue weighted by Crippen LogP contribution is 2.21. The van der Waals surface area contributed by atoms with Crippen LogP contribution in [0.25, 0.3) is 6.08 Å². The van der Waals surface area contributed by atoms with Crippen molar-refractivity contribution in [1.82, 2.24) is 5.32 Å². The summed E-state index contributed by atoms with van der Waals surface area (Å²) in [7, 11) is 0.